The molecule has 0 unspecified atom stereocenters. The van der Waals surface area contributed by atoms with Gasteiger partial charge in [-0.25, -0.2) is 0 Å². The number of hydrogen-bond acceptors (Lipinski definition) is 6. The molecule has 0 aliphatic carbocycles. The summed E-state index contributed by atoms with van der Waals surface area (Å²) in [4.78, 5) is 45.9. The fourth-order valence-electron chi connectivity index (χ4n) is 3.30. The molecule has 0 bridgehead atoms. The van der Waals surface area contributed by atoms with Gasteiger partial charge in [0.05, 0.1) is 14.2 Å². The van der Waals surface area contributed by atoms with Crippen molar-refractivity contribution in [3.8, 4) is 0 Å². The predicted octanol–water partition coefficient (Wildman–Crippen LogP) is 3.56. The molecule has 0 radical (unpaired) electrons. The van der Waals surface area contributed by atoms with E-state index in [0.29, 0.717) is 44.9 Å². The molecule has 0 atom stereocenters. The van der Waals surface area contributed by atoms with Gasteiger partial charge in [0.25, 0.3) is 0 Å². The number of methoxy groups -OCH3 is 2. The van der Waals surface area contributed by atoms with Crippen LogP contribution >= 0.6 is 0 Å². The van der Waals surface area contributed by atoms with Crippen LogP contribution in [0, 0.1) is 5.41 Å². The molecule has 0 amide bonds. The third kappa shape index (κ3) is 10.3. The van der Waals surface area contributed by atoms with E-state index in [0.717, 1.165) is 25.7 Å². The first-order valence-corrected chi connectivity index (χ1v) is 9.90. The highest BCUT2D eigenvalue weighted by atomic mass is 16.5. The molecule has 0 aromatic carbocycles. The molecule has 162 valence electrons. The Morgan fingerprint density at radius 3 is 1.25 bits per heavy atom. The van der Waals surface area contributed by atoms with Crippen molar-refractivity contribution < 1.29 is 38.9 Å². The first kappa shape index (κ1) is 25.9. The van der Waals surface area contributed by atoms with Gasteiger partial charge in [-0.2, -0.15) is 0 Å². The lowest BCUT2D eigenvalue weighted by atomic mass is 9.77. The summed E-state index contributed by atoms with van der Waals surface area (Å²) < 4.78 is 9.78. The number of rotatable bonds is 17. The van der Waals surface area contributed by atoms with Gasteiger partial charge in [-0.3, -0.25) is 19.2 Å². The Morgan fingerprint density at radius 1 is 0.607 bits per heavy atom. The summed E-state index contributed by atoms with van der Waals surface area (Å²) in [5, 5.41) is 17.3. The van der Waals surface area contributed by atoms with Gasteiger partial charge in [0.1, 0.15) is 0 Å². The molecule has 0 rings (SSSR count). The summed E-state index contributed by atoms with van der Waals surface area (Å²) in [6, 6.07) is 0. The fourth-order valence-corrected chi connectivity index (χ4v) is 3.30. The average molecular weight is 402 g/mol. The van der Waals surface area contributed by atoms with Crippen LogP contribution < -0.4 is 0 Å². The van der Waals surface area contributed by atoms with Crippen molar-refractivity contribution in [3.63, 3.8) is 0 Å². The second-order valence-electron chi connectivity index (χ2n) is 7.03. The number of unbranched alkanes of at least 4 members (excludes halogenated alkanes) is 7. The van der Waals surface area contributed by atoms with Crippen molar-refractivity contribution in [1.82, 2.24) is 0 Å². The zero-order valence-electron chi connectivity index (χ0n) is 17.0. The van der Waals surface area contributed by atoms with Crippen molar-refractivity contribution >= 4 is 23.9 Å². The van der Waals surface area contributed by atoms with Crippen molar-refractivity contribution in [3.05, 3.63) is 0 Å². The van der Waals surface area contributed by atoms with Gasteiger partial charge in [-0.05, 0) is 25.7 Å². The van der Waals surface area contributed by atoms with Gasteiger partial charge in [-0.1, -0.05) is 44.9 Å². The predicted molar refractivity (Wildman–Crippen MR) is 102 cm³/mol. The Bertz CT molecular complexity index is 484. The van der Waals surface area contributed by atoms with Crippen LogP contribution in [0.2, 0.25) is 0 Å². The highest BCUT2D eigenvalue weighted by Crippen LogP contribution is 2.35. The van der Waals surface area contributed by atoms with E-state index in [2.05, 4.69) is 0 Å². The molecule has 8 heteroatoms. The molecule has 0 saturated heterocycles. The lowest BCUT2D eigenvalue weighted by molar-refractivity contribution is -0.170. The van der Waals surface area contributed by atoms with E-state index in [1.807, 2.05) is 0 Å². The normalized spacial score (nSPS) is 11.1. The topological polar surface area (TPSA) is 127 Å². The van der Waals surface area contributed by atoms with Crippen molar-refractivity contribution in [2.24, 2.45) is 5.41 Å². The number of ether oxygens (including phenoxy) is 2. The highest BCUT2D eigenvalue weighted by molar-refractivity contribution is 5.99. The Labute approximate surface area is 166 Å². The molecule has 2 N–H and O–H groups in total. The van der Waals surface area contributed by atoms with Crippen LogP contribution in [0.5, 0.6) is 0 Å². The zero-order valence-corrected chi connectivity index (χ0v) is 17.0. The lowest BCUT2D eigenvalue weighted by Gasteiger charge is -2.28. The molecule has 0 aromatic heterocycles. The van der Waals surface area contributed by atoms with E-state index < -0.39 is 29.3 Å². The van der Waals surface area contributed by atoms with E-state index in [4.69, 9.17) is 19.7 Å². The number of esters is 2. The molecule has 8 nitrogen and oxygen atoms in total. The fraction of sp³-hybridized carbons (Fsp3) is 0.800. The van der Waals surface area contributed by atoms with Crippen molar-refractivity contribution in [1.29, 1.82) is 0 Å². The average Bonchev–Trinajstić information content (AvgIpc) is 2.66. The Hall–Kier alpha value is -2.12. The molecule has 0 aliphatic heterocycles. The third-order valence-corrected chi connectivity index (χ3v) is 4.89. The van der Waals surface area contributed by atoms with E-state index >= 15 is 0 Å². The zero-order chi connectivity index (χ0) is 21.4. The van der Waals surface area contributed by atoms with Gasteiger partial charge in [0.2, 0.25) is 0 Å². The SMILES string of the molecule is COC(=O)C(CCCCCCCC(=O)O)(CCCCCCC(=O)O)C(=O)OC. The summed E-state index contributed by atoms with van der Waals surface area (Å²) in [5.41, 5.74) is -1.34. The van der Waals surface area contributed by atoms with Gasteiger partial charge < -0.3 is 19.7 Å². The van der Waals surface area contributed by atoms with Crippen LogP contribution in [-0.2, 0) is 28.7 Å². The van der Waals surface area contributed by atoms with Crippen LogP contribution in [0.15, 0.2) is 0 Å². The summed E-state index contributed by atoms with van der Waals surface area (Å²) in [7, 11) is 2.50. The van der Waals surface area contributed by atoms with Gasteiger partial charge >= 0.3 is 23.9 Å². The first-order valence-electron chi connectivity index (χ1n) is 9.90. The maximum atomic E-state index is 12.4. The monoisotopic (exact) mass is 402 g/mol. The number of aliphatic carboxylic acids is 2. The Balaban J connectivity index is 4.62. The van der Waals surface area contributed by atoms with Gasteiger partial charge in [-0.15, -0.1) is 0 Å². The maximum absolute atomic E-state index is 12.4. The molecular weight excluding hydrogens is 368 g/mol. The minimum absolute atomic E-state index is 0.112. The van der Waals surface area contributed by atoms with E-state index in [-0.39, 0.29) is 12.8 Å². The van der Waals surface area contributed by atoms with Crippen LogP contribution in [0.1, 0.15) is 83.5 Å². The van der Waals surface area contributed by atoms with E-state index in [9.17, 15) is 19.2 Å². The molecule has 0 fully saturated rings. The number of carboxylic acids is 2. The van der Waals surface area contributed by atoms with Gasteiger partial charge in [0.15, 0.2) is 5.41 Å². The Kier molecular flexibility index (Phi) is 13.8. The number of carbonyl (C=O) groups is 4. The van der Waals surface area contributed by atoms with Crippen molar-refractivity contribution in [2.75, 3.05) is 14.2 Å². The second-order valence-corrected chi connectivity index (χ2v) is 7.03. The first-order chi connectivity index (χ1) is 13.3. The highest BCUT2D eigenvalue weighted by Gasteiger charge is 2.47. The number of carboxylic acid groups (broad SMARTS) is 2. The number of hydrogen-bond donors (Lipinski definition) is 2. The van der Waals surface area contributed by atoms with E-state index in [1.165, 1.54) is 14.2 Å². The molecular formula is C20H34O8. The van der Waals surface area contributed by atoms with Gasteiger partial charge in [0, 0.05) is 12.8 Å². The van der Waals surface area contributed by atoms with Crippen molar-refractivity contribution in [2.45, 2.75) is 83.5 Å². The standard InChI is InChI=1S/C20H34O8/c1-27-18(25)20(19(26)28-2,15-11-7-5-9-13-17(23)24)14-10-6-3-4-8-12-16(21)22/h3-15H2,1-2H3,(H,21,22)(H,23,24). The maximum Gasteiger partial charge on any atom is 0.323 e. The summed E-state index contributed by atoms with van der Waals surface area (Å²) in [5.74, 6) is -2.84. The van der Waals surface area contributed by atoms with Crippen LogP contribution in [0.3, 0.4) is 0 Å². The largest absolute Gasteiger partial charge is 0.481 e. The van der Waals surface area contributed by atoms with Crippen LogP contribution in [0.25, 0.3) is 0 Å². The molecule has 0 spiro atoms. The summed E-state index contributed by atoms with van der Waals surface area (Å²) in [6.45, 7) is 0. The minimum atomic E-state index is -1.34. The lowest BCUT2D eigenvalue weighted by Crippen LogP contribution is -2.41. The smallest absolute Gasteiger partial charge is 0.323 e. The summed E-state index contributed by atoms with van der Waals surface area (Å²) in [6.07, 6.45) is 7.15. The Morgan fingerprint density at radius 2 is 0.929 bits per heavy atom. The quantitative estimate of drug-likeness (QED) is 0.215. The van der Waals surface area contributed by atoms with E-state index in [1.54, 1.807) is 0 Å². The number of carbonyl (C=O) groups excluding carboxylic acids is 2. The third-order valence-electron chi connectivity index (χ3n) is 4.89. The molecule has 0 heterocycles. The minimum Gasteiger partial charge on any atom is -0.481 e. The second kappa shape index (κ2) is 14.9. The van der Waals surface area contributed by atoms with Crippen LogP contribution in [-0.4, -0.2) is 48.3 Å². The van der Waals surface area contributed by atoms with Crippen LogP contribution in [0.4, 0.5) is 0 Å². The summed E-state index contributed by atoms with van der Waals surface area (Å²) >= 11 is 0. The molecule has 0 saturated carbocycles. The molecule has 28 heavy (non-hydrogen) atoms. The molecule has 0 aliphatic rings. The molecule has 0 aromatic rings.